The summed E-state index contributed by atoms with van der Waals surface area (Å²) in [5.74, 6) is 0.635. The van der Waals surface area contributed by atoms with Crippen LogP contribution in [0.1, 0.15) is 32.9 Å². The number of likely N-dealkylation sites (tertiary alicyclic amines) is 1. The van der Waals surface area contributed by atoms with Crippen molar-refractivity contribution in [2.45, 2.75) is 12.8 Å². The van der Waals surface area contributed by atoms with Gasteiger partial charge in [0.1, 0.15) is 5.75 Å². The van der Waals surface area contributed by atoms with Crippen LogP contribution in [0.25, 0.3) is 0 Å². The third-order valence-electron chi connectivity index (χ3n) is 6.01. The molecule has 31 heavy (non-hydrogen) atoms. The van der Waals surface area contributed by atoms with Crippen molar-refractivity contribution in [3.8, 4) is 5.75 Å². The van der Waals surface area contributed by atoms with Crippen LogP contribution in [-0.2, 0) is 4.79 Å². The van der Waals surface area contributed by atoms with Gasteiger partial charge < -0.3 is 19.4 Å². The molecule has 3 heterocycles. The Kier molecular flexibility index (Phi) is 6.56. The van der Waals surface area contributed by atoms with Crippen LogP contribution in [0.15, 0.2) is 41.8 Å². The molecule has 8 heteroatoms. The number of piperidine rings is 1. The van der Waals surface area contributed by atoms with Crippen molar-refractivity contribution in [2.24, 2.45) is 5.92 Å². The van der Waals surface area contributed by atoms with E-state index >= 15 is 0 Å². The lowest BCUT2D eigenvalue weighted by Crippen LogP contribution is -2.54. The maximum Gasteiger partial charge on any atom is 0.263 e. The van der Waals surface area contributed by atoms with Gasteiger partial charge in [0.2, 0.25) is 5.91 Å². The summed E-state index contributed by atoms with van der Waals surface area (Å²) in [6.45, 7) is 3.25. The minimum Gasteiger partial charge on any atom is -0.497 e. The van der Waals surface area contributed by atoms with Crippen LogP contribution in [0.2, 0.25) is 0 Å². The molecule has 1 aromatic carbocycles. The Balaban J connectivity index is 1.31. The van der Waals surface area contributed by atoms with Crippen molar-refractivity contribution in [2.75, 3.05) is 46.4 Å². The van der Waals surface area contributed by atoms with Gasteiger partial charge in [0.05, 0.1) is 17.9 Å². The van der Waals surface area contributed by atoms with E-state index in [1.807, 2.05) is 22.4 Å². The van der Waals surface area contributed by atoms with Crippen molar-refractivity contribution >= 4 is 29.1 Å². The zero-order chi connectivity index (χ0) is 21.8. The second kappa shape index (κ2) is 9.51. The number of piperazine rings is 1. The second-order valence-corrected chi connectivity index (χ2v) is 8.86. The highest BCUT2D eigenvalue weighted by molar-refractivity contribution is 7.12. The van der Waals surface area contributed by atoms with Gasteiger partial charge in [0, 0.05) is 44.8 Å². The summed E-state index contributed by atoms with van der Waals surface area (Å²) in [6, 6.07) is 10.8. The highest BCUT2D eigenvalue weighted by Gasteiger charge is 2.33. The predicted octanol–water partition coefficient (Wildman–Crippen LogP) is 2.59. The summed E-state index contributed by atoms with van der Waals surface area (Å²) in [4.78, 5) is 44.7. The number of rotatable bonds is 4. The van der Waals surface area contributed by atoms with Crippen LogP contribution in [0.3, 0.4) is 0 Å². The molecule has 1 unspecified atom stereocenters. The van der Waals surface area contributed by atoms with Gasteiger partial charge >= 0.3 is 0 Å². The molecule has 2 aromatic rings. The van der Waals surface area contributed by atoms with E-state index in [1.165, 1.54) is 11.3 Å². The first kappa shape index (κ1) is 21.4. The van der Waals surface area contributed by atoms with Crippen molar-refractivity contribution < 1.29 is 19.1 Å². The summed E-state index contributed by atoms with van der Waals surface area (Å²) < 4.78 is 5.14. The topological polar surface area (TPSA) is 70.2 Å². The monoisotopic (exact) mass is 441 g/mol. The van der Waals surface area contributed by atoms with Crippen molar-refractivity contribution in [1.82, 2.24) is 14.7 Å². The van der Waals surface area contributed by atoms with E-state index in [1.54, 1.807) is 41.2 Å². The molecule has 0 spiro atoms. The summed E-state index contributed by atoms with van der Waals surface area (Å²) in [5.41, 5.74) is 0.621. The van der Waals surface area contributed by atoms with Gasteiger partial charge in [-0.25, -0.2) is 0 Å². The molecule has 0 radical (unpaired) electrons. The lowest BCUT2D eigenvalue weighted by molar-refractivity contribution is -0.138. The van der Waals surface area contributed by atoms with Crippen LogP contribution >= 0.6 is 11.3 Å². The van der Waals surface area contributed by atoms with Gasteiger partial charge in [-0.05, 0) is 48.6 Å². The van der Waals surface area contributed by atoms with Crippen LogP contribution in [0.4, 0.5) is 0 Å². The molecule has 2 aliphatic rings. The largest absolute Gasteiger partial charge is 0.497 e. The maximum atomic E-state index is 13.1. The number of benzene rings is 1. The molecular formula is C23H27N3O4S. The normalized spacial score (nSPS) is 19.3. The molecule has 1 atom stereocenters. The quantitative estimate of drug-likeness (QED) is 0.731. The number of amides is 3. The Hall–Kier alpha value is -2.87. The van der Waals surface area contributed by atoms with E-state index < -0.39 is 0 Å². The summed E-state index contributed by atoms with van der Waals surface area (Å²) >= 11 is 1.43. The molecule has 0 bridgehead atoms. The fourth-order valence-corrected chi connectivity index (χ4v) is 4.91. The zero-order valence-electron chi connectivity index (χ0n) is 17.7. The number of nitrogens with zero attached hydrogens (tertiary/aromatic N) is 3. The number of hydrogen-bond donors (Lipinski definition) is 0. The van der Waals surface area contributed by atoms with E-state index in [0.29, 0.717) is 50.6 Å². The average Bonchev–Trinajstić information content (AvgIpc) is 3.38. The fourth-order valence-electron chi connectivity index (χ4n) is 4.22. The number of hydrogen-bond acceptors (Lipinski definition) is 5. The van der Waals surface area contributed by atoms with E-state index in [9.17, 15) is 14.4 Å². The van der Waals surface area contributed by atoms with Gasteiger partial charge in [-0.15, -0.1) is 11.3 Å². The summed E-state index contributed by atoms with van der Waals surface area (Å²) in [7, 11) is 1.59. The molecule has 3 amide bonds. The molecule has 2 aliphatic heterocycles. The molecule has 0 aliphatic carbocycles. The van der Waals surface area contributed by atoms with Gasteiger partial charge in [-0.1, -0.05) is 6.07 Å². The maximum absolute atomic E-state index is 13.1. The Labute approximate surface area is 186 Å². The zero-order valence-corrected chi connectivity index (χ0v) is 18.5. The minimum atomic E-state index is -0.165. The van der Waals surface area contributed by atoms with Crippen LogP contribution < -0.4 is 4.74 Å². The molecule has 1 aromatic heterocycles. The van der Waals surface area contributed by atoms with Gasteiger partial charge in [0.15, 0.2) is 0 Å². The molecule has 0 N–H and O–H groups in total. The second-order valence-electron chi connectivity index (χ2n) is 7.91. The molecule has 164 valence electrons. The third-order valence-corrected chi connectivity index (χ3v) is 6.86. The van der Waals surface area contributed by atoms with Crippen molar-refractivity contribution in [3.63, 3.8) is 0 Å². The molecule has 7 nitrogen and oxygen atoms in total. The van der Waals surface area contributed by atoms with E-state index in [0.717, 1.165) is 17.7 Å². The molecular weight excluding hydrogens is 414 g/mol. The highest BCUT2D eigenvalue weighted by atomic mass is 32.1. The lowest BCUT2D eigenvalue weighted by Gasteiger charge is -2.39. The molecule has 4 rings (SSSR count). The van der Waals surface area contributed by atoms with Crippen LogP contribution in [-0.4, -0.2) is 78.8 Å². The highest BCUT2D eigenvalue weighted by Crippen LogP contribution is 2.23. The van der Waals surface area contributed by atoms with Gasteiger partial charge in [-0.3, -0.25) is 14.4 Å². The number of methoxy groups -OCH3 is 1. The van der Waals surface area contributed by atoms with E-state index in [-0.39, 0.29) is 23.6 Å². The SMILES string of the molecule is COc1ccc(C(=O)N2CCN(C(=O)C3CCCN(C(=O)c4cccs4)C3)CC2)cc1. The number of carbonyl (C=O) groups excluding carboxylic acids is 3. The number of carbonyl (C=O) groups is 3. The minimum absolute atomic E-state index is 0.0161. The molecule has 2 saturated heterocycles. The summed E-state index contributed by atoms with van der Waals surface area (Å²) in [5, 5.41) is 1.90. The fraction of sp³-hybridized carbons (Fsp3) is 0.435. The molecule has 0 saturated carbocycles. The third kappa shape index (κ3) is 4.74. The first-order valence-electron chi connectivity index (χ1n) is 10.6. The molecule has 2 fully saturated rings. The Bertz CT molecular complexity index is 921. The number of ether oxygens (including phenoxy) is 1. The van der Waals surface area contributed by atoms with Crippen molar-refractivity contribution in [1.29, 1.82) is 0 Å². The predicted molar refractivity (Wildman–Crippen MR) is 118 cm³/mol. The van der Waals surface area contributed by atoms with Crippen molar-refractivity contribution in [3.05, 3.63) is 52.2 Å². The number of thiophene rings is 1. The average molecular weight is 442 g/mol. The smallest absolute Gasteiger partial charge is 0.263 e. The van der Waals surface area contributed by atoms with Crippen LogP contribution in [0.5, 0.6) is 5.75 Å². The Morgan fingerprint density at radius 1 is 0.903 bits per heavy atom. The van der Waals surface area contributed by atoms with Gasteiger partial charge in [0.25, 0.3) is 11.8 Å². The lowest BCUT2D eigenvalue weighted by atomic mass is 9.96. The summed E-state index contributed by atoms with van der Waals surface area (Å²) in [6.07, 6.45) is 1.64. The first-order valence-corrected chi connectivity index (χ1v) is 11.5. The van der Waals surface area contributed by atoms with E-state index in [2.05, 4.69) is 0 Å². The van der Waals surface area contributed by atoms with E-state index in [4.69, 9.17) is 4.74 Å². The van der Waals surface area contributed by atoms with Crippen LogP contribution in [0, 0.1) is 5.92 Å². The Morgan fingerprint density at radius 2 is 1.61 bits per heavy atom. The first-order chi connectivity index (χ1) is 15.1. The van der Waals surface area contributed by atoms with Gasteiger partial charge in [-0.2, -0.15) is 0 Å². The standard InChI is InChI=1S/C23H27N3O4S/c1-30-19-8-6-17(7-9-19)21(27)24-11-13-25(14-12-24)22(28)18-4-2-10-26(16-18)23(29)20-5-3-15-31-20/h3,5-9,15,18H,2,4,10-14,16H2,1H3. The Morgan fingerprint density at radius 3 is 2.26 bits per heavy atom.